The predicted octanol–water partition coefficient (Wildman–Crippen LogP) is 0.995. The Hall–Kier alpha value is -3.37. The van der Waals surface area contributed by atoms with E-state index in [0.717, 1.165) is 0 Å². The van der Waals surface area contributed by atoms with Gasteiger partial charge in [-0.3, -0.25) is 9.59 Å². The molecule has 4 N–H and O–H groups in total. The number of hydrogen-bond donors (Lipinski definition) is 3. The molecule has 1 aliphatic rings. The standard InChI is InChI=1S/C20H19N3O4/c1-27-14-9-7-12(8-10-14)16-15(11-21)20(26,13-5-3-2-4-6-13)23-19(25)17(16)18(22)24/h2-10,15-17,26H,1H3,(H2,22,24)(H,23,25)/t15-,16-,17+,20+/m0/s1. The average Bonchev–Trinajstić information content (AvgIpc) is 2.68. The van der Waals surface area contributed by atoms with Gasteiger partial charge in [-0.25, -0.2) is 0 Å². The molecule has 0 radical (unpaired) electrons. The Labute approximate surface area is 156 Å². The van der Waals surface area contributed by atoms with Crippen molar-refractivity contribution in [1.82, 2.24) is 5.32 Å². The van der Waals surface area contributed by atoms with E-state index in [4.69, 9.17) is 10.5 Å². The van der Waals surface area contributed by atoms with Crippen LogP contribution in [0.15, 0.2) is 54.6 Å². The Morgan fingerprint density at radius 3 is 2.37 bits per heavy atom. The first-order chi connectivity index (χ1) is 12.9. The van der Waals surface area contributed by atoms with Crippen molar-refractivity contribution in [3.05, 3.63) is 65.7 Å². The molecule has 2 aromatic carbocycles. The summed E-state index contributed by atoms with van der Waals surface area (Å²) in [6, 6.07) is 17.1. The van der Waals surface area contributed by atoms with E-state index >= 15 is 0 Å². The molecular weight excluding hydrogens is 346 g/mol. The molecule has 0 saturated carbocycles. The second-order valence-corrected chi connectivity index (χ2v) is 6.41. The third-order valence-electron chi connectivity index (χ3n) is 4.92. The molecule has 138 valence electrons. The van der Waals surface area contributed by atoms with E-state index in [0.29, 0.717) is 16.9 Å². The summed E-state index contributed by atoms with van der Waals surface area (Å²) in [7, 11) is 1.52. The van der Waals surface area contributed by atoms with E-state index in [9.17, 15) is 20.0 Å². The fourth-order valence-corrected chi connectivity index (χ4v) is 3.59. The van der Waals surface area contributed by atoms with Crippen LogP contribution in [0.25, 0.3) is 0 Å². The Morgan fingerprint density at radius 2 is 1.85 bits per heavy atom. The normalized spacial score (nSPS) is 27.3. The number of nitrogens with one attached hydrogen (secondary N) is 1. The van der Waals surface area contributed by atoms with Gasteiger partial charge in [0.1, 0.15) is 17.6 Å². The van der Waals surface area contributed by atoms with Gasteiger partial charge in [0.05, 0.1) is 13.2 Å². The highest BCUT2D eigenvalue weighted by atomic mass is 16.5. The largest absolute Gasteiger partial charge is 0.497 e. The Balaban J connectivity index is 2.16. The number of nitrogens with zero attached hydrogens (tertiary/aromatic N) is 1. The van der Waals surface area contributed by atoms with Crippen molar-refractivity contribution >= 4 is 11.8 Å². The molecule has 3 rings (SSSR count). The first-order valence-electron chi connectivity index (χ1n) is 8.35. The minimum atomic E-state index is -1.95. The highest BCUT2D eigenvalue weighted by molar-refractivity contribution is 6.01. The van der Waals surface area contributed by atoms with E-state index in [1.807, 2.05) is 0 Å². The van der Waals surface area contributed by atoms with E-state index in [1.54, 1.807) is 54.6 Å². The molecule has 0 spiro atoms. The number of nitriles is 1. The van der Waals surface area contributed by atoms with Crippen molar-refractivity contribution in [2.24, 2.45) is 17.6 Å². The molecule has 2 amide bonds. The number of piperidine rings is 1. The van der Waals surface area contributed by atoms with Crippen LogP contribution in [0.3, 0.4) is 0 Å². The fraction of sp³-hybridized carbons (Fsp3) is 0.250. The van der Waals surface area contributed by atoms with Gasteiger partial charge < -0.3 is 20.9 Å². The van der Waals surface area contributed by atoms with E-state index in [1.165, 1.54) is 7.11 Å². The van der Waals surface area contributed by atoms with Crippen molar-refractivity contribution in [2.45, 2.75) is 11.6 Å². The highest BCUT2D eigenvalue weighted by Gasteiger charge is 2.55. The molecule has 0 aromatic heterocycles. The highest BCUT2D eigenvalue weighted by Crippen LogP contribution is 2.45. The number of hydrogen-bond acceptors (Lipinski definition) is 5. The molecular formula is C20H19N3O4. The summed E-state index contributed by atoms with van der Waals surface area (Å²) in [4.78, 5) is 24.7. The number of primary amides is 1. The molecule has 2 aromatic rings. The van der Waals surface area contributed by atoms with Crippen LogP contribution in [-0.2, 0) is 15.3 Å². The van der Waals surface area contributed by atoms with Gasteiger partial charge in [0.25, 0.3) is 0 Å². The molecule has 1 saturated heterocycles. The minimum absolute atomic E-state index is 0.353. The molecule has 0 bridgehead atoms. The van der Waals surface area contributed by atoms with Crippen molar-refractivity contribution in [3.63, 3.8) is 0 Å². The SMILES string of the molecule is COc1ccc([C@@H]2[C@H](C(N)=O)C(=O)N[C@@](O)(c3ccccc3)[C@H]2C#N)cc1. The van der Waals surface area contributed by atoms with E-state index in [2.05, 4.69) is 11.4 Å². The van der Waals surface area contributed by atoms with Gasteiger partial charge in [-0.1, -0.05) is 42.5 Å². The summed E-state index contributed by atoms with van der Waals surface area (Å²) in [6.45, 7) is 0. The van der Waals surface area contributed by atoms with Crippen molar-refractivity contribution in [2.75, 3.05) is 7.11 Å². The average molecular weight is 365 g/mol. The van der Waals surface area contributed by atoms with Crippen LogP contribution >= 0.6 is 0 Å². The summed E-state index contributed by atoms with van der Waals surface area (Å²) in [5.74, 6) is -4.33. The number of amides is 2. The molecule has 0 aliphatic carbocycles. The Morgan fingerprint density at radius 1 is 1.22 bits per heavy atom. The lowest BCUT2D eigenvalue weighted by atomic mass is 9.67. The molecule has 0 unspecified atom stereocenters. The lowest BCUT2D eigenvalue weighted by Crippen LogP contribution is -2.62. The van der Waals surface area contributed by atoms with Gasteiger partial charge in [0.2, 0.25) is 11.8 Å². The maximum absolute atomic E-state index is 12.7. The lowest BCUT2D eigenvalue weighted by molar-refractivity contribution is -0.153. The fourth-order valence-electron chi connectivity index (χ4n) is 3.59. The van der Waals surface area contributed by atoms with Gasteiger partial charge >= 0.3 is 0 Å². The third kappa shape index (κ3) is 3.11. The second-order valence-electron chi connectivity index (χ2n) is 6.41. The second kappa shape index (κ2) is 7.09. The molecule has 1 aliphatic heterocycles. The zero-order chi connectivity index (χ0) is 19.6. The van der Waals surface area contributed by atoms with Crippen LogP contribution in [-0.4, -0.2) is 24.0 Å². The Kier molecular flexibility index (Phi) is 4.84. The maximum Gasteiger partial charge on any atom is 0.235 e. The minimum Gasteiger partial charge on any atom is -0.497 e. The number of carbonyl (C=O) groups is 2. The van der Waals surface area contributed by atoms with Gasteiger partial charge in [0.15, 0.2) is 5.72 Å². The van der Waals surface area contributed by atoms with Gasteiger partial charge in [-0.15, -0.1) is 0 Å². The molecule has 7 heteroatoms. The monoisotopic (exact) mass is 365 g/mol. The maximum atomic E-state index is 12.7. The summed E-state index contributed by atoms with van der Waals surface area (Å²) in [6.07, 6.45) is 0. The zero-order valence-electron chi connectivity index (χ0n) is 14.6. The first-order valence-corrected chi connectivity index (χ1v) is 8.35. The smallest absolute Gasteiger partial charge is 0.235 e. The number of rotatable bonds is 4. The van der Waals surface area contributed by atoms with E-state index in [-0.39, 0.29) is 0 Å². The number of carbonyl (C=O) groups excluding carboxylic acids is 2. The summed E-state index contributed by atoms with van der Waals surface area (Å²) in [5.41, 5.74) is 4.41. The summed E-state index contributed by atoms with van der Waals surface area (Å²) < 4.78 is 5.13. The topological polar surface area (TPSA) is 125 Å². The van der Waals surface area contributed by atoms with Crippen molar-refractivity contribution in [1.29, 1.82) is 5.26 Å². The molecule has 1 heterocycles. The van der Waals surface area contributed by atoms with Crippen LogP contribution in [0.2, 0.25) is 0 Å². The Bertz CT molecular complexity index is 892. The molecule has 4 atom stereocenters. The summed E-state index contributed by atoms with van der Waals surface area (Å²) in [5, 5.41) is 23.6. The number of aliphatic hydroxyl groups is 1. The van der Waals surface area contributed by atoms with Gasteiger partial charge in [0, 0.05) is 11.5 Å². The number of methoxy groups -OCH3 is 1. The van der Waals surface area contributed by atoms with Crippen LogP contribution in [0.1, 0.15) is 17.0 Å². The first kappa shape index (κ1) is 18.4. The molecule has 7 nitrogen and oxygen atoms in total. The van der Waals surface area contributed by atoms with Crippen LogP contribution in [0, 0.1) is 23.2 Å². The number of benzene rings is 2. The number of nitrogens with two attached hydrogens (primary N) is 1. The lowest BCUT2D eigenvalue weighted by Gasteiger charge is -2.44. The summed E-state index contributed by atoms with van der Waals surface area (Å²) >= 11 is 0. The predicted molar refractivity (Wildman–Crippen MR) is 96.0 cm³/mol. The third-order valence-corrected chi connectivity index (χ3v) is 4.92. The molecule has 27 heavy (non-hydrogen) atoms. The number of ether oxygens (including phenoxy) is 1. The quantitative estimate of drug-likeness (QED) is 0.697. The van der Waals surface area contributed by atoms with Crippen LogP contribution in [0.4, 0.5) is 0 Å². The van der Waals surface area contributed by atoms with Crippen molar-refractivity contribution < 1.29 is 19.4 Å². The van der Waals surface area contributed by atoms with Crippen molar-refractivity contribution in [3.8, 4) is 11.8 Å². The van der Waals surface area contributed by atoms with Gasteiger partial charge in [-0.05, 0) is 17.7 Å². The molecule has 1 fully saturated rings. The van der Waals surface area contributed by atoms with Crippen LogP contribution in [0.5, 0.6) is 5.75 Å². The zero-order valence-corrected chi connectivity index (χ0v) is 14.6. The van der Waals surface area contributed by atoms with Crippen LogP contribution < -0.4 is 15.8 Å². The van der Waals surface area contributed by atoms with E-state index < -0.39 is 35.3 Å². The van der Waals surface area contributed by atoms with Gasteiger partial charge in [-0.2, -0.15) is 5.26 Å².